The summed E-state index contributed by atoms with van der Waals surface area (Å²) in [6, 6.07) is 3.92. The van der Waals surface area contributed by atoms with Gasteiger partial charge in [0.2, 0.25) is 0 Å². The molecular weight excluding hydrogens is 259 g/mol. The fourth-order valence-corrected chi connectivity index (χ4v) is 2.03. The highest BCUT2D eigenvalue weighted by molar-refractivity contribution is 5.87. The Morgan fingerprint density at radius 2 is 2.15 bits per heavy atom. The molecule has 3 nitrogen and oxygen atoms in total. The van der Waals surface area contributed by atoms with Gasteiger partial charge in [-0.2, -0.15) is 0 Å². The van der Waals surface area contributed by atoms with Crippen molar-refractivity contribution >= 4 is 5.97 Å². The van der Waals surface area contributed by atoms with Crippen molar-refractivity contribution in [3.8, 4) is 0 Å². The zero-order chi connectivity index (χ0) is 15.0. The lowest BCUT2D eigenvalue weighted by atomic mass is 10.0. The first-order valence-electron chi connectivity index (χ1n) is 7.17. The summed E-state index contributed by atoms with van der Waals surface area (Å²) in [5.74, 6) is -1.13. The maximum Gasteiger partial charge on any atom is 0.335 e. The maximum atomic E-state index is 13.7. The summed E-state index contributed by atoms with van der Waals surface area (Å²) in [5, 5.41) is 8.77. The van der Waals surface area contributed by atoms with Gasteiger partial charge in [-0.05, 0) is 24.5 Å². The van der Waals surface area contributed by atoms with Gasteiger partial charge in [-0.1, -0.05) is 39.2 Å². The molecule has 0 heterocycles. The third kappa shape index (κ3) is 5.29. The highest BCUT2D eigenvalue weighted by Crippen LogP contribution is 2.16. The topological polar surface area (TPSA) is 46.5 Å². The van der Waals surface area contributed by atoms with Gasteiger partial charge in [0.15, 0.2) is 0 Å². The number of carboxylic acids is 1. The van der Waals surface area contributed by atoms with Crippen molar-refractivity contribution < 1.29 is 19.0 Å². The minimum Gasteiger partial charge on any atom is -0.478 e. The molecule has 0 bridgehead atoms. The smallest absolute Gasteiger partial charge is 0.335 e. The van der Waals surface area contributed by atoms with Gasteiger partial charge in [0, 0.05) is 12.2 Å². The van der Waals surface area contributed by atoms with Crippen LogP contribution in [0.5, 0.6) is 0 Å². The van der Waals surface area contributed by atoms with Crippen LogP contribution in [0, 0.1) is 11.7 Å². The summed E-state index contributed by atoms with van der Waals surface area (Å²) >= 11 is 0. The average molecular weight is 282 g/mol. The predicted molar refractivity (Wildman–Crippen MR) is 76.3 cm³/mol. The van der Waals surface area contributed by atoms with Crippen LogP contribution < -0.4 is 0 Å². The normalized spacial score (nSPS) is 12.3. The van der Waals surface area contributed by atoms with E-state index in [1.807, 2.05) is 0 Å². The standard InChI is InChI=1S/C16H23FO3/c1-3-5-6-12(4-2)10-20-11-14-8-7-13(16(18)19)9-15(14)17/h7-9,12H,3-6,10-11H2,1-2H3,(H,18,19). The number of carboxylic acid groups (broad SMARTS) is 1. The highest BCUT2D eigenvalue weighted by atomic mass is 19.1. The Balaban J connectivity index is 2.47. The van der Waals surface area contributed by atoms with Crippen LogP contribution in [0.1, 0.15) is 55.5 Å². The molecule has 0 radical (unpaired) electrons. The van der Waals surface area contributed by atoms with Crippen LogP contribution in [-0.4, -0.2) is 17.7 Å². The fourth-order valence-electron chi connectivity index (χ4n) is 2.03. The second-order valence-electron chi connectivity index (χ2n) is 5.04. The lowest BCUT2D eigenvalue weighted by molar-refractivity contribution is 0.0694. The summed E-state index contributed by atoms with van der Waals surface area (Å²) in [6.07, 6.45) is 4.54. The number of hydrogen-bond acceptors (Lipinski definition) is 2. The Labute approximate surface area is 119 Å². The van der Waals surface area contributed by atoms with E-state index in [1.54, 1.807) is 0 Å². The molecular formula is C16H23FO3. The van der Waals surface area contributed by atoms with Crippen molar-refractivity contribution in [1.29, 1.82) is 0 Å². The number of halogens is 1. The van der Waals surface area contributed by atoms with Gasteiger partial charge < -0.3 is 9.84 Å². The molecule has 20 heavy (non-hydrogen) atoms. The van der Waals surface area contributed by atoms with Crippen LogP contribution in [0.4, 0.5) is 4.39 Å². The Bertz CT molecular complexity index is 432. The van der Waals surface area contributed by atoms with Crippen LogP contribution in [0.2, 0.25) is 0 Å². The summed E-state index contributed by atoms with van der Waals surface area (Å²) in [4.78, 5) is 10.7. The minimum atomic E-state index is -1.12. The van der Waals surface area contributed by atoms with Crippen molar-refractivity contribution in [2.45, 2.75) is 46.1 Å². The van der Waals surface area contributed by atoms with E-state index < -0.39 is 11.8 Å². The lowest BCUT2D eigenvalue weighted by Gasteiger charge is -2.15. The van der Waals surface area contributed by atoms with Gasteiger partial charge in [-0.3, -0.25) is 0 Å². The van der Waals surface area contributed by atoms with Gasteiger partial charge in [-0.25, -0.2) is 9.18 Å². The third-order valence-electron chi connectivity index (χ3n) is 3.45. The number of rotatable bonds is 9. The molecule has 112 valence electrons. The number of unbranched alkanes of at least 4 members (excludes halogenated alkanes) is 1. The van der Waals surface area contributed by atoms with E-state index >= 15 is 0 Å². The van der Waals surface area contributed by atoms with E-state index in [0.717, 1.165) is 18.9 Å². The minimum absolute atomic E-state index is 0.0411. The first-order chi connectivity index (χ1) is 9.58. The van der Waals surface area contributed by atoms with Crippen LogP contribution >= 0.6 is 0 Å². The molecule has 0 aliphatic carbocycles. The number of ether oxygens (including phenoxy) is 1. The number of carbonyl (C=O) groups is 1. The molecule has 0 aliphatic heterocycles. The summed E-state index contributed by atoms with van der Waals surface area (Å²) in [6.45, 7) is 5.10. The fraction of sp³-hybridized carbons (Fsp3) is 0.562. The van der Waals surface area contributed by atoms with Gasteiger partial charge in [0.1, 0.15) is 5.82 Å². The molecule has 1 unspecified atom stereocenters. The zero-order valence-corrected chi connectivity index (χ0v) is 12.2. The van der Waals surface area contributed by atoms with E-state index in [4.69, 9.17) is 9.84 Å². The van der Waals surface area contributed by atoms with E-state index in [2.05, 4.69) is 13.8 Å². The SMILES string of the molecule is CCCCC(CC)COCc1ccc(C(=O)O)cc1F. The Morgan fingerprint density at radius 3 is 2.70 bits per heavy atom. The van der Waals surface area contributed by atoms with E-state index in [9.17, 15) is 9.18 Å². The number of aromatic carboxylic acids is 1. The van der Waals surface area contributed by atoms with Crippen molar-refractivity contribution in [3.05, 3.63) is 35.1 Å². The van der Waals surface area contributed by atoms with Crippen molar-refractivity contribution in [1.82, 2.24) is 0 Å². The molecule has 1 atom stereocenters. The Hall–Kier alpha value is -1.42. The van der Waals surface area contributed by atoms with Crippen LogP contribution in [0.15, 0.2) is 18.2 Å². The molecule has 1 aromatic rings. The summed E-state index contributed by atoms with van der Waals surface area (Å²) < 4.78 is 19.2. The molecule has 4 heteroatoms. The van der Waals surface area contributed by atoms with Gasteiger partial charge in [0.05, 0.1) is 12.2 Å². The number of hydrogen-bond donors (Lipinski definition) is 1. The molecule has 0 aromatic heterocycles. The number of benzene rings is 1. The molecule has 0 aliphatic rings. The molecule has 0 saturated carbocycles. The van der Waals surface area contributed by atoms with E-state index in [0.29, 0.717) is 18.1 Å². The third-order valence-corrected chi connectivity index (χ3v) is 3.45. The van der Waals surface area contributed by atoms with Crippen molar-refractivity contribution in [2.24, 2.45) is 5.92 Å². The molecule has 1 aromatic carbocycles. The predicted octanol–water partition coefficient (Wildman–Crippen LogP) is 4.26. The maximum absolute atomic E-state index is 13.7. The zero-order valence-electron chi connectivity index (χ0n) is 12.2. The van der Waals surface area contributed by atoms with Crippen LogP contribution in [0.25, 0.3) is 0 Å². The largest absolute Gasteiger partial charge is 0.478 e. The van der Waals surface area contributed by atoms with E-state index in [1.165, 1.54) is 25.0 Å². The van der Waals surface area contributed by atoms with Crippen molar-refractivity contribution in [2.75, 3.05) is 6.61 Å². The molecule has 0 saturated heterocycles. The molecule has 1 N–H and O–H groups in total. The van der Waals surface area contributed by atoms with E-state index in [-0.39, 0.29) is 12.2 Å². The Kier molecular flexibility index (Phi) is 7.23. The lowest BCUT2D eigenvalue weighted by Crippen LogP contribution is -2.09. The summed E-state index contributed by atoms with van der Waals surface area (Å²) in [5.41, 5.74) is 0.362. The van der Waals surface area contributed by atoms with Gasteiger partial charge >= 0.3 is 5.97 Å². The average Bonchev–Trinajstić information content (AvgIpc) is 2.43. The first-order valence-corrected chi connectivity index (χ1v) is 7.17. The molecule has 0 amide bonds. The van der Waals surface area contributed by atoms with Crippen LogP contribution in [0.3, 0.4) is 0 Å². The van der Waals surface area contributed by atoms with Gasteiger partial charge in [0.25, 0.3) is 0 Å². The quantitative estimate of drug-likeness (QED) is 0.736. The Morgan fingerprint density at radius 1 is 1.40 bits per heavy atom. The molecule has 0 fully saturated rings. The molecule has 0 spiro atoms. The second kappa shape index (κ2) is 8.69. The second-order valence-corrected chi connectivity index (χ2v) is 5.04. The molecule has 1 rings (SSSR count). The highest BCUT2D eigenvalue weighted by Gasteiger charge is 2.10. The van der Waals surface area contributed by atoms with Gasteiger partial charge in [-0.15, -0.1) is 0 Å². The first kappa shape index (κ1) is 16.6. The van der Waals surface area contributed by atoms with Crippen molar-refractivity contribution in [3.63, 3.8) is 0 Å². The summed E-state index contributed by atoms with van der Waals surface area (Å²) in [7, 11) is 0. The van der Waals surface area contributed by atoms with Crippen LogP contribution in [-0.2, 0) is 11.3 Å². The monoisotopic (exact) mass is 282 g/mol.